The molecular formula is C26H23N3O4. The maximum Gasteiger partial charge on any atom is 0.231 e. The summed E-state index contributed by atoms with van der Waals surface area (Å²) in [5.74, 6) is 2.06. The minimum Gasteiger partial charge on any atom is -0.489 e. The van der Waals surface area contributed by atoms with Crippen LogP contribution in [0.15, 0.2) is 85.2 Å². The number of hydrogen-bond acceptors (Lipinski definition) is 5. The molecule has 1 aromatic heterocycles. The van der Waals surface area contributed by atoms with E-state index in [2.05, 4.69) is 10.4 Å². The van der Waals surface area contributed by atoms with Crippen LogP contribution in [-0.4, -0.2) is 22.5 Å². The van der Waals surface area contributed by atoms with Gasteiger partial charge in [0.1, 0.15) is 12.4 Å². The number of rotatable bonds is 8. The molecule has 1 amide bonds. The van der Waals surface area contributed by atoms with Gasteiger partial charge in [-0.2, -0.15) is 5.10 Å². The Kier molecular flexibility index (Phi) is 5.93. The fourth-order valence-corrected chi connectivity index (χ4v) is 3.56. The van der Waals surface area contributed by atoms with E-state index in [9.17, 15) is 4.79 Å². The van der Waals surface area contributed by atoms with Crippen LogP contribution in [0.3, 0.4) is 0 Å². The van der Waals surface area contributed by atoms with Crippen LogP contribution in [-0.2, 0) is 17.8 Å². The Balaban J connectivity index is 1.13. The number of nitrogens with one attached hydrogen (secondary N) is 1. The van der Waals surface area contributed by atoms with Crippen molar-refractivity contribution in [2.75, 3.05) is 12.1 Å². The summed E-state index contributed by atoms with van der Waals surface area (Å²) in [5, 5.41) is 7.35. The number of aromatic nitrogens is 2. The lowest BCUT2D eigenvalue weighted by molar-refractivity contribution is -0.116. The quantitative estimate of drug-likeness (QED) is 0.427. The molecule has 1 aliphatic heterocycles. The summed E-state index contributed by atoms with van der Waals surface area (Å²) in [4.78, 5) is 12.5. The Bertz CT molecular complexity index is 1250. The Hall–Kier alpha value is -4.26. The monoisotopic (exact) mass is 441 g/mol. The number of anilines is 1. The Morgan fingerprint density at radius 3 is 2.76 bits per heavy atom. The van der Waals surface area contributed by atoms with E-state index in [0.29, 0.717) is 30.9 Å². The van der Waals surface area contributed by atoms with Crippen molar-refractivity contribution in [3.63, 3.8) is 0 Å². The predicted octanol–water partition coefficient (Wildman–Crippen LogP) is 4.75. The summed E-state index contributed by atoms with van der Waals surface area (Å²) in [6.07, 6.45) is 4.75. The van der Waals surface area contributed by atoms with Gasteiger partial charge >= 0.3 is 0 Å². The highest BCUT2D eigenvalue weighted by molar-refractivity contribution is 5.90. The van der Waals surface area contributed by atoms with E-state index in [1.807, 2.05) is 83.7 Å². The van der Waals surface area contributed by atoms with E-state index in [1.54, 1.807) is 6.20 Å². The standard InChI is InChI=1S/C26H23N3O4/c30-26(12-9-20-15-27-29(16-20)22-7-2-1-3-8-22)28-21-6-4-5-19(13-21)17-31-23-10-11-24-25(14-23)33-18-32-24/h1-8,10-11,13-16H,9,12,17-18H2,(H,28,30). The number of aryl methyl sites for hydroxylation is 1. The number of amides is 1. The molecule has 5 rings (SSSR count). The van der Waals surface area contributed by atoms with E-state index < -0.39 is 0 Å². The van der Waals surface area contributed by atoms with E-state index >= 15 is 0 Å². The Labute approximate surface area is 191 Å². The van der Waals surface area contributed by atoms with E-state index in [1.165, 1.54) is 0 Å². The zero-order valence-corrected chi connectivity index (χ0v) is 17.9. The molecule has 0 saturated heterocycles. The summed E-state index contributed by atoms with van der Waals surface area (Å²) in [6, 6.07) is 23.0. The van der Waals surface area contributed by atoms with Gasteiger partial charge in [0.2, 0.25) is 12.7 Å². The highest BCUT2D eigenvalue weighted by atomic mass is 16.7. The van der Waals surface area contributed by atoms with Gasteiger partial charge in [-0.15, -0.1) is 0 Å². The number of carbonyl (C=O) groups excluding carboxylic acids is 1. The third-order valence-electron chi connectivity index (χ3n) is 5.26. The van der Waals surface area contributed by atoms with Crippen molar-refractivity contribution in [1.29, 1.82) is 0 Å². The molecule has 0 spiro atoms. The van der Waals surface area contributed by atoms with Crippen LogP contribution in [0.25, 0.3) is 5.69 Å². The van der Waals surface area contributed by atoms with Gasteiger partial charge in [-0.05, 0) is 53.9 Å². The molecule has 0 radical (unpaired) electrons. The molecule has 7 heteroatoms. The number of ether oxygens (including phenoxy) is 3. The van der Waals surface area contributed by atoms with Gasteiger partial charge in [-0.25, -0.2) is 4.68 Å². The minimum absolute atomic E-state index is 0.0451. The van der Waals surface area contributed by atoms with E-state index in [4.69, 9.17) is 14.2 Å². The van der Waals surface area contributed by atoms with Gasteiger partial charge in [0, 0.05) is 24.4 Å². The van der Waals surface area contributed by atoms with Crippen molar-refractivity contribution in [1.82, 2.24) is 9.78 Å². The van der Waals surface area contributed by atoms with Crippen molar-refractivity contribution in [3.8, 4) is 22.9 Å². The normalized spacial score (nSPS) is 11.9. The summed E-state index contributed by atoms with van der Waals surface area (Å²) in [5.41, 5.74) is 3.70. The van der Waals surface area contributed by atoms with Gasteiger partial charge in [0.05, 0.1) is 11.9 Å². The molecule has 7 nitrogen and oxygen atoms in total. The van der Waals surface area contributed by atoms with E-state index in [0.717, 1.165) is 28.3 Å². The van der Waals surface area contributed by atoms with Gasteiger partial charge in [-0.3, -0.25) is 4.79 Å². The summed E-state index contributed by atoms with van der Waals surface area (Å²) in [6.45, 7) is 0.609. The van der Waals surface area contributed by atoms with Crippen LogP contribution in [0.1, 0.15) is 17.5 Å². The predicted molar refractivity (Wildman–Crippen MR) is 124 cm³/mol. The highest BCUT2D eigenvalue weighted by Gasteiger charge is 2.14. The molecule has 33 heavy (non-hydrogen) atoms. The summed E-state index contributed by atoms with van der Waals surface area (Å²) < 4.78 is 18.4. The third-order valence-corrected chi connectivity index (χ3v) is 5.26. The number of benzene rings is 3. The zero-order chi connectivity index (χ0) is 22.5. The highest BCUT2D eigenvalue weighted by Crippen LogP contribution is 2.35. The van der Waals surface area contributed by atoms with Crippen LogP contribution in [0, 0.1) is 0 Å². The van der Waals surface area contributed by atoms with Crippen molar-refractivity contribution in [2.45, 2.75) is 19.4 Å². The SMILES string of the molecule is O=C(CCc1cnn(-c2ccccc2)c1)Nc1cccc(COc2ccc3c(c2)OCO3)c1. The maximum atomic E-state index is 12.5. The molecule has 0 aliphatic carbocycles. The van der Waals surface area contributed by atoms with Crippen LogP contribution in [0.4, 0.5) is 5.69 Å². The molecule has 166 valence electrons. The molecule has 0 atom stereocenters. The minimum atomic E-state index is -0.0451. The van der Waals surface area contributed by atoms with Gasteiger partial charge in [-0.1, -0.05) is 30.3 Å². The van der Waals surface area contributed by atoms with Gasteiger partial charge in [0.15, 0.2) is 11.5 Å². The first-order valence-corrected chi connectivity index (χ1v) is 10.7. The molecule has 0 fully saturated rings. The lowest BCUT2D eigenvalue weighted by atomic mass is 10.1. The lowest BCUT2D eigenvalue weighted by Gasteiger charge is -2.09. The largest absolute Gasteiger partial charge is 0.489 e. The average Bonchev–Trinajstić information content (AvgIpc) is 3.52. The van der Waals surface area contributed by atoms with Gasteiger partial charge < -0.3 is 19.5 Å². The summed E-state index contributed by atoms with van der Waals surface area (Å²) >= 11 is 0. The molecule has 1 N–H and O–H groups in total. The number of hydrogen-bond donors (Lipinski definition) is 1. The van der Waals surface area contributed by atoms with Crippen molar-refractivity contribution < 1.29 is 19.0 Å². The van der Waals surface area contributed by atoms with Crippen molar-refractivity contribution in [3.05, 3.63) is 96.3 Å². The van der Waals surface area contributed by atoms with Crippen molar-refractivity contribution >= 4 is 11.6 Å². The Morgan fingerprint density at radius 2 is 1.85 bits per heavy atom. The topological polar surface area (TPSA) is 74.6 Å². The molecule has 0 unspecified atom stereocenters. The second-order valence-corrected chi connectivity index (χ2v) is 7.68. The van der Waals surface area contributed by atoms with E-state index in [-0.39, 0.29) is 12.7 Å². The fourth-order valence-electron chi connectivity index (χ4n) is 3.56. The second kappa shape index (κ2) is 9.48. The Morgan fingerprint density at radius 1 is 0.970 bits per heavy atom. The second-order valence-electron chi connectivity index (χ2n) is 7.68. The molecule has 0 saturated carbocycles. The number of fused-ring (bicyclic) bond motifs is 1. The molecule has 0 bridgehead atoms. The lowest BCUT2D eigenvalue weighted by Crippen LogP contribution is -2.12. The van der Waals surface area contributed by atoms with Crippen molar-refractivity contribution in [2.24, 2.45) is 0 Å². The number of carbonyl (C=O) groups is 1. The average molecular weight is 441 g/mol. The number of para-hydroxylation sites is 1. The van der Waals surface area contributed by atoms with Crippen LogP contribution in [0.5, 0.6) is 17.2 Å². The molecule has 1 aliphatic rings. The summed E-state index contributed by atoms with van der Waals surface area (Å²) in [7, 11) is 0. The molecule has 3 aromatic carbocycles. The first kappa shape index (κ1) is 20.6. The zero-order valence-electron chi connectivity index (χ0n) is 17.9. The number of nitrogens with zero attached hydrogens (tertiary/aromatic N) is 2. The van der Waals surface area contributed by atoms with Crippen LogP contribution in [0.2, 0.25) is 0 Å². The molecule has 4 aromatic rings. The first-order chi connectivity index (χ1) is 16.2. The molecular weight excluding hydrogens is 418 g/mol. The van der Waals surface area contributed by atoms with Crippen LogP contribution < -0.4 is 19.5 Å². The first-order valence-electron chi connectivity index (χ1n) is 10.7. The fraction of sp³-hybridized carbons (Fsp3) is 0.154. The van der Waals surface area contributed by atoms with Crippen LogP contribution >= 0.6 is 0 Å². The smallest absolute Gasteiger partial charge is 0.231 e. The van der Waals surface area contributed by atoms with Gasteiger partial charge in [0.25, 0.3) is 0 Å². The maximum absolute atomic E-state index is 12.5. The molecule has 2 heterocycles. The third kappa shape index (κ3) is 5.15.